The lowest BCUT2D eigenvalue weighted by Gasteiger charge is -2.39. The second-order valence-corrected chi connectivity index (χ2v) is 16.1. The largest absolute Gasteiger partial charge is 0.444 e. The molecule has 1 saturated heterocycles. The SMILES string of the molecule is CN(C(=O)/C=C/CC(C)(C)NC(=O)OC(C)(C)C)C(Cc1ccc2ccccc2c1)C(=O)N(C)C(Cc1cccs1)C(=O)N(C)N1CCCCC1. The lowest BCUT2D eigenvalue weighted by Crippen LogP contribution is -2.58. The van der Waals surface area contributed by atoms with Gasteiger partial charge in [0.25, 0.3) is 5.91 Å². The normalized spacial score (nSPS) is 15.3. The third-order valence-corrected chi connectivity index (χ3v) is 10.1. The number of piperidine rings is 1. The lowest BCUT2D eigenvalue weighted by molar-refractivity contribution is -0.158. The summed E-state index contributed by atoms with van der Waals surface area (Å²) in [5.41, 5.74) is -0.419. The summed E-state index contributed by atoms with van der Waals surface area (Å²) in [6, 6.07) is 16.4. The van der Waals surface area contributed by atoms with Crippen LogP contribution in [-0.2, 0) is 32.0 Å². The predicted molar refractivity (Wildman–Crippen MR) is 204 cm³/mol. The van der Waals surface area contributed by atoms with Crippen molar-refractivity contribution in [2.45, 2.75) is 96.4 Å². The Hall–Kier alpha value is -4.22. The number of nitrogens with zero attached hydrogens (tertiary/aromatic N) is 4. The molecule has 2 atom stereocenters. The van der Waals surface area contributed by atoms with Crippen LogP contribution < -0.4 is 5.32 Å². The number of hydrogen-bond acceptors (Lipinski definition) is 7. The van der Waals surface area contributed by atoms with Crippen LogP contribution in [0.1, 0.15) is 70.7 Å². The molecule has 1 aliphatic heterocycles. The maximum Gasteiger partial charge on any atom is 0.408 e. The number of benzene rings is 2. The van der Waals surface area contributed by atoms with Crippen LogP contribution in [0.5, 0.6) is 0 Å². The standard InChI is InChI=1S/C40H55N5O5S/c1-39(2,3)50-38(49)41-40(4,5)22-14-19-35(46)42(6)33(27-29-20-21-30-16-10-11-17-31(30)26-29)36(47)43(7)34(28-32-18-15-25-51-32)37(48)44(8)45-23-12-9-13-24-45/h10-11,14-21,25-26,33-34H,9,12-13,22-24,27-28H2,1-8H3,(H,41,49)/b19-14+. The van der Waals surface area contributed by atoms with Gasteiger partial charge >= 0.3 is 6.09 Å². The molecule has 0 spiro atoms. The fraction of sp³-hybridized carbons (Fsp3) is 0.500. The van der Waals surface area contributed by atoms with Crippen LogP contribution in [0.25, 0.3) is 10.8 Å². The zero-order chi connectivity index (χ0) is 37.3. The molecule has 1 N–H and O–H groups in total. The van der Waals surface area contributed by atoms with Crippen LogP contribution in [0.2, 0.25) is 0 Å². The van der Waals surface area contributed by atoms with Gasteiger partial charge in [-0.15, -0.1) is 11.3 Å². The Morgan fingerprint density at radius 3 is 2.16 bits per heavy atom. The molecule has 0 bridgehead atoms. The molecule has 1 aliphatic rings. The number of rotatable bonds is 13. The van der Waals surface area contributed by atoms with Gasteiger partial charge in [-0.1, -0.05) is 61.0 Å². The Balaban J connectivity index is 1.60. The zero-order valence-corrected chi connectivity index (χ0v) is 32.3. The monoisotopic (exact) mass is 717 g/mol. The molecule has 2 unspecified atom stereocenters. The molecule has 3 aromatic rings. The molecular weight excluding hydrogens is 663 g/mol. The van der Waals surface area contributed by atoms with Crippen LogP contribution in [-0.4, -0.2) is 101 Å². The smallest absolute Gasteiger partial charge is 0.408 e. The number of thiophene rings is 1. The minimum atomic E-state index is -0.889. The Morgan fingerprint density at radius 1 is 0.843 bits per heavy atom. The summed E-state index contributed by atoms with van der Waals surface area (Å²) < 4.78 is 5.40. The van der Waals surface area contributed by atoms with Crippen molar-refractivity contribution < 1.29 is 23.9 Å². The first kappa shape index (κ1) is 39.6. The second-order valence-electron chi connectivity index (χ2n) is 15.1. The van der Waals surface area contributed by atoms with Crippen molar-refractivity contribution in [1.82, 2.24) is 25.1 Å². The average molecular weight is 718 g/mol. The number of likely N-dealkylation sites (N-methyl/N-ethyl adjacent to an activating group) is 3. The van der Waals surface area contributed by atoms with E-state index in [0.29, 0.717) is 12.8 Å². The van der Waals surface area contributed by atoms with Crippen molar-refractivity contribution in [2.24, 2.45) is 0 Å². The molecule has 10 nitrogen and oxygen atoms in total. The molecule has 1 aromatic heterocycles. The molecule has 2 aromatic carbocycles. The number of fused-ring (bicyclic) bond motifs is 1. The first-order valence-corrected chi connectivity index (χ1v) is 18.7. The fourth-order valence-electron chi connectivity index (χ4n) is 6.27. The Labute approximate surface area is 307 Å². The average Bonchev–Trinajstić information content (AvgIpc) is 3.60. The van der Waals surface area contributed by atoms with E-state index < -0.39 is 29.3 Å². The van der Waals surface area contributed by atoms with Crippen molar-refractivity contribution in [3.8, 4) is 0 Å². The summed E-state index contributed by atoms with van der Waals surface area (Å²) >= 11 is 1.56. The number of amides is 4. The molecule has 276 valence electrons. The van der Waals surface area contributed by atoms with Gasteiger partial charge in [0, 0.05) is 57.5 Å². The van der Waals surface area contributed by atoms with Gasteiger partial charge in [0.2, 0.25) is 11.8 Å². The molecule has 4 rings (SSSR count). The van der Waals surface area contributed by atoms with Crippen LogP contribution >= 0.6 is 11.3 Å². The number of hydrogen-bond donors (Lipinski definition) is 1. The number of hydrazine groups is 1. The van der Waals surface area contributed by atoms with Gasteiger partial charge in [-0.3, -0.25) is 19.4 Å². The highest BCUT2D eigenvalue weighted by molar-refractivity contribution is 7.09. The Bertz CT molecular complexity index is 1680. The first-order valence-electron chi connectivity index (χ1n) is 17.8. The van der Waals surface area contributed by atoms with E-state index in [1.807, 2.05) is 73.8 Å². The minimum Gasteiger partial charge on any atom is -0.444 e. The summed E-state index contributed by atoms with van der Waals surface area (Å²) in [5.74, 6) is -0.831. The van der Waals surface area contributed by atoms with Gasteiger partial charge < -0.3 is 19.9 Å². The van der Waals surface area contributed by atoms with E-state index in [1.54, 1.807) is 64.3 Å². The van der Waals surface area contributed by atoms with Gasteiger partial charge in [0.1, 0.15) is 17.7 Å². The molecule has 4 amide bonds. The summed E-state index contributed by atoms with van der Waals surface area (Å²) in [6.07, 6.45) is 6.77. The van der Waals surface area contributed by atoms with Gasteiger partial charge in [-0.2, -0.15) is 0 Å². The molecule has 0 aliphatic carbocycles. The lowest BCUT2D eigenvalue weighted by atomic mass is 9.98. The van der Waals surface area contributed by atoms with E-state index in [4.69, 9.17) is 4.74 Å². The number of alkyl carbamates (subject to hydrolysis) is 1. The second kappa shape index (κ2) is 17.3. The van der Waals surface area contributed by atoms with Crippen molar-refractivity contribution in [3.63, 3.8) is 0 Å². The quantitative estimate of drug-likeness (QED) is 0.204. The van der Waals surface area contributed by atoms with Gasteiger partial charge in [-0.25, -0.2) is 9.80 Å². The van der Waals surface area contributed by atoms with Crippen molar-refractivity contribution >= 4 is 45.9 Å². The van der Waals surface area contributed by atoms with E-state index >= 15 is 0 Å². The topological polar surface area (TPSA) is 102 Å². The Kier molecular flexibility index (Phi) is 13.4. The molecule has 11 heteroatoms. The first-order chi connectivity index (χ1) is 24.0. The van der Waals surface area contributed by atoms with E-state index in [0.717, 1.165) is 53.6 Å². The third kappa shape index (κ3) is 11.4. The maximum absolute atomic E-state index is 14.7. The van der Waals surface area contributed by atoms with Crippen LogP contribution in [0.3, 0.4) is 0 Å². The molecule has 0 saturated carbocycles. The maximum atomic E-state index is 14.7. The van der Waals surface area contributed by atoms with E-state index in [1.165, 1.54) is 15.9 Å². The van der Waals surface area contributed by atoms with Gasteiger partial charge in [0.05, 0.1) is 0 Å². The highest BCUT2D eigenvalue weighted by Crippen LogP contribution is 2.23. The molecular formula is C40H55N5O5S. The molecule has 0 radical (unpaired) electrons. The highest BCUT2D eigenvalue weighted by Gasteiger charge is 2.37. The minimum absolute atomic E-state index is 0.154. The van der Waals surface area contributed by atoms with Gasteiger partial charge in [0.15, 0.2) is 0 Å². The predicted octanol–water partition coefficient (Wildman–Crippen LogP) is 6.45. The highest BCUT2D eigenvalue weighted by atomic mass is 32.1. The summed E-state index contributed by atoms with van der Waals surface area (Å²) in [7, 11) is 5.10. The van der Waals surface area contributed by atoms with Crippen LogP contribution in [0.15, 0.2) is 72.1 Å². The number of carbonyl (C=O) groups excluding carboxylic acids is 4. The fourth-order valence-corrected chi connectivity index (χ4v) is 7.01. The van der Waals surface area contributed by atoms with E-state index in [-0.39, 0.29) is 24.1 Å². The zero-order valence-electron chi connectivity index (χ0n) is 31.5. The van der Waals surface area contributed by atoms with E-state index in [2.05, 4.69) is 10.3 Å². The summed E-state index contributed by atoms with van der Waals surface area (Å²) in [5, 5.41) is 10.7. The number of nitrogens with one attached hydrogen (secondary N) is 1. The molecule has 2 heterocycles. The molecule has 51 heavy (non-hydrogen) atoms. The Morgan fingerprint density at radius 2 is 1.51 bits per heavy atom. The molecule has 1 fully saturated rings. The van der Waals surface area contributed by atoms with E-state index in [9.17, 15) is 19.2 Å². The number of ether oxygens (including phenoxy) is 1. The van der Waals surface area contributed by atoms with Crippen LogP contribution in [0, 0.1) is 0 Å². The number of carbonyl (C=O) groups is 4. The van der Waals surface area contributed by atoms with Crippen molar-refractivity contribution in [3.05, 3.63) is 82.6 Å². The van der Waals surface area contributed by atoms with Crippen molar-refractivity contribution in [2.75, 3.05) is 34.2 Å². The summed E-state index contributed by atoms with van der Waals surface area (Å²) in [6.45, 7) is 10.7. The van der Waals surface area contributed by atoms with Gasteiger partial charge in [-0.05, 0) is 87.7 Å². The van der Waals surface area contributed by atoms with Crippen LogP contribution in [0.4, 0.5) is 4.79 Å². The summed E-state index contributed by atoms with van der Waals surface area (Å²) in [4.78, 5) is 59.0. The third-order valence-electron chi connectivity index (χ3n) is 9.22. The van der Waals surface area contributed by atoms with Crippen molar-refractivity contribution in [1.29, 1.82) is 0 Å².